The third kappa shape index (κ3) is 6.91. The van der Waals surface area contributed by atoms with E-state index in [0.29, 0.717) is 11.4 Å². The number of thiol groups is 1. The second-order valence-electron chi connectivity index (χ2n) is 6.81. The van der Waals surface area contributed by atoms with Gasteiger partial charge in [-0.2, -0.15) is 0 Å². The topological polar surface area (TPSA) is 67.9 Å². The van der Waals surface area contributed by atoms with Crippen molar-refractivity contribution in [2.75, 3.05) is 4.31 Å². The minimum Gasteiger partial charge on any atom is -0.486 e. The summed E-state index contributed by atoms with van der Waals surface area (Å²) in [6, 6.07) is 19.4. The number of carbonyl (C=O) groups is 2. The number of amides is 3. The van der Waals surface area contributed by atoms with E-state index in [1.165, 1.54) is 0 Å². The Morgan fingerprint density at radius 1 is 0.939 bits per heavy atom. The van der Waals surface area contributed by atoms with Gasteiger partial charge in [-0.15, -0.1) is 13.2 Å². The number of nitrogens with zero attached hydrogens (tertiary/aromatic N) is 1. The Labute approximate surface area is 193 Å². The summed E-state index contributed by atoms with van der Waals surface area (Å²) < 4.78 is 47.3. The van der Waals surface area contributed by atoms with Crippen molar-refractivity contribution in [2.45, 2.75) is 19.4 Å². The molecule has 0 fully saturated rings. The first-order valence-corrected chi connectivity index (χ1v) is 10.0. The highest BCUT2D eigenvalue weighted by atomic mass is 32.1. The van der Waals surface area contributed by atoms with Crippen LogP contribution in [0.15, 0.2) is 78.9 Å². The fourth-order valence-electron chi connectivity index (χ4n) is 2.83. The van der Waals surface area contributed by atoms with Crippen LogP contribution in [0.5, 0.6) is 11.5 Å². The maximum atomic E-state index is 12.4. The predicted octanol–water partition coefficient (Wildman–Crippen LogP) is 5.93. The number of nitrogens with one attached hydrogen (secondary N) is 1. The molecule has 0 radical (unpaired) electrons. The number of alkyl halides is 3. The van der Waals surface area contributed by atoms with E-state index in [4.69, 9.17) is 4.74 Å². The minimum absolute atomic E-state index is 0.0339. The number of carbonyl (C=O) groups excluding carboxylic acids is 2. The SMILES string of the molecule is CC(Oc1cccc(N(S)C(=O)NC(=O)c2ccc(OC(F)(F)F)cc2)c1)c1ccccc1. The Bertz CT molecular complexity index is 1110. The molecule has 0 aliphatic carbocycles. The van der Waals surface area contributed by atoms with Gasteiger partial charge in [0.1, 0.15) is 17.6 Å². The van der Waals surface area contributed by atoms with Crippen molar-refractivity contribution in [2.24, 2.45) is 0 Å². The van der Waals surface area contributed by atoms with E-state index in [1.807, 2.05) is 37.3 Å². The Hall–Kier alpha value is -3.66. The Kier molecular flexibility index (Phi) is 7.49. The normalized spacial score (nSPS) is 11.9. The van der Waals surface area contributed by atoms with Crippen molar-refractivity contribution in [3.8, 4) is 11.5 Å². The monoisotopic (exact) mass is 476 g/mol. The molecule has 3 aromatic rings. The molecule has 0 aromatic heterocycles. The number of imide groups is 1. The molecule has 0 aliphatic heterocycles. The Morgan fingerprint density at radius 2 is 1.61 bits per heavy atom. The fourth-order valence-corrected chi connectivity index (χ4v) is 3.01. The highest BCUT2D eigenvalue weighted by molar-refractivity contribution is 7.82. The van der Waals surface area contributed by atoms with Crippen LogP contribution >= 0.6 is 12.8 Å². The molecule has 0 saturated heterocycles. The summed E-state index contributed by atoms with van der Waals surface area (Å²) >= 11 is 4.14. The van der Waals surface area contributed by atoms with Gasteiger partial charge in [0.05, 0.1) is 5.69 Å². The average Bonchev–Trinajstić information content (AvgIpc) is 2.78. The molecule has 0 bridgehead atoms. The molecule has 0 spiro atoms. The van der Waals surface area contributed by atoms with E-state index in [2.05, 4.69) is 22.9 Å². The van der Waals surface area contributed by atoms with E-state index in [1.54, 1.807) is 24.3 Å². The quantitative estimate of drug-likeness (QED) is 0.433. The van der Waals surface area contributed by atoms with Crippen molar-refractivity contribution in [3.05, 3.63) is 90.0 Å². The second-order valence-corrected chi connectivity index (χ2v) is 7.21. The zero-order valence-electron chi connectivity index (χ0n) is 17.2. The van der Waals surface area contributed by atoms with Gasteiger partial charge >= 0.3 is 12.4 Å². The first kappa shape index (κ1) is 24.0. The largest absolute Gasteiger partial charge is 0.573 e. The van der Waals surface area contributed by atoms with E-state index in [-0.39, 0.29) is 11.7 Å². The van der Waals surface area contributed by atoms with Crippen LogP contribution < -0.4 is 19.1 Å². The molecule has 1 unspecified atom stereocenters. The van der Waals surface area contributed by atoms with Crippen LogP contribution in [0, 0.1) is 0 Å². The number of hydrogen-bond donors (Lipinski definition) is 2. The maximum Gasteiger partial charge on any atom is 0.573 e. The number of halogens is 3. The first-order chi connectivity index (χ1) is 15.6. The van der Waals surface area contributed by atoms with E-state index in [0.717, 1.165) is 34.1 Å². The molecule has 0 saturated carbocycles. The molecule has 0 heterocycles. The van der Waals surface area contributed by atoms with Gasteiger partial charge in [0.15, 0.2) is 0 Å². The molecule has 33 heavy (non-hydrogen) atoms. The maximum absolute atomic E-state index is 12.4. The average molecular weight is 476 g/mol. The third-order valence-electron chi connectivity index (χ3n) is 4.41. The van der Waals surface area contributed by atoms with E-state index >= 15 is 0 Å². The van der Waals surface area contributed by atoms with Crippen LogP contribution in [0.2, 0.25) is 0 Å². The predicted molar refractivity (Wildman–Crippen MR) is 119 cm³/mol. The van der Waals surface area contributed by atoms with Crippen LogP contribution in [0.25, 0.3) is 0 Å². The lowest BCUT2D eigenvalue weighted by Crippen LogP contribution is -2.38. The van der Waals surface area contributed by atoms with Gasteiger partial charge in [-0.1, -0.05) is 49.2 Å². The van der Waals surface area contributed by atoms with Crippen molar-refractivity contribution < 1.29 is 32.2 Å². The lowest BCUT2D eigenvalue weighted by atomic mass is 10.1. The van der Waals surface area contributed by atoms with Crippen LogP contribution in [0.1, 0.15) is 28.9 Å². The van der Waals surface area contributed by atoms with Crippen molar-refractivity contribution in [1.82, 2.24) is 5.32 Å². The number of ether oxygens (including phenoxy) is 2. The molecule has 172 valence electrons. The first-order valence-electron chi connectivity index (χ1n) is 9.64. The molecular weight excluding hydrogens is 457 g/mol. The Morgan fingerprint density at radius 3 is 2.24 bits per heavy atom. The summed E-state index contributed by atoms with van der Waals surface area (Å²) in [5, 5.41) is 2.12. The highest BCUT2D eigenvalue weighted by Gasteiger charge is 2.31. The smallest absolute Gasteiger partial charge is 0.486 e. The highest BCUT2D eigenvalue weighted by Crippen LogP contribution is 2.27. The molecule has 0 aliphatic rings. The summed E-state index contributed by atoms with van der Waals surface area (Å²) in [5.41, 5.74) is 1.28. The number of benzene rings is 3. The molecular formula is C23H19F3N2O4S. The molecule has 3 aromatic carbocycles. The number of urea groups is 1. The van der Waals surface area contributed by atoms with Crippen LogP contribution in [0.3, 0.4) is 0 Å². The zero-order chi connectivity index (χ0) is 24.0. The van der Waals surface area contributed by atoms with Gasteiger partial charge in [0.25, 0.3) is 5.91 Å². The van der Waals surface area contributed by atoms with Crippen molar-refractivity contribution >= 4 is 30.4 Å². The summed E-state index contributed by atoms with van der Waals surface area (Å²) in [6.07, 6.45) is -5.09. The Balaban J connectivity index is 1.62. The van der Waals surface area contributed by atoms with Crippen LogP contribution in [0.4, 0.5) is 23.7 Å². The number of rotatable bonds is 6. The summed E-state index contributed by atoms with van der Waals surface area (Å²) in [4.78, 5) is 24.7. The summed E-state index contributed by atoms with van der Waals surface area (Å²) in [7, 11) is 0. The second kappa shape index (κ2) is 10.3. The number of hydrogen-bond acceptors (Lipinski definition) is 5. The number of anilines is 1. The van der Waals surface area contributed by atoms with Crippen molar-refractivity contribution in [3.63, 3.8) is 0 Å². The molecule has 3 rings (SSSR count). The van der Waals surface area contributed by atoms with E-state index < -0.39 is 24.1 Å². The van der Waals surface area contributed by atoms with Crippen LogP contribution in [-0.2, 0) is 0 Å². The minimum atomic E-state index is -4.84. The van der Waals surface area contributed by atoms with Crippen LogP contribution in [-0.4, -0.2) is 18.3 Å². The summed E-state index contributed by atoms with van der Waals surface area (Å²) in [5.74, 6) is -0.812. The lowest BCUT2D eigenvalue weighted by molar-refractivity contribution is -0.274. The van der Waals surface area contributed by atoms with E-state index in [9.17, 15) is 22.8 Å². The fraction of sp³-hybridized carbons (Fsp3) is 0.130. The zero-order valence-corrected chi connectivity index (χ0v) is 18.1. The van der Waals surface area contributed by atoms with Gasteiger partial charge in [-0.05, 0) is 48.9 Å². The van der Waals surface area contributed by atoms with Crippen molar-refractivity contribution in [1.29, 1.82) is 0 Å². The molecule has 1 N–H and O–H groups in total. The van der Waals surface area contributed by atoms with Gasteiger partial charge < -0.3 is 9.47 Å². The standard InChI is InChI=1S/C23H19F3N2O4S/c1-15(16-6-3-2-4-7-16)31-20-9-5-8-18(14-20)28(33)22(30)27-21(29)17-10-12-19(13-11-17)32-23(24,25)26/h2-15,33H,1H3,(H,27,29,30). The molecule has 1 atom stereocenters. The molecule has 6 nitrogen and oxygen atoms in total. The lowest BCUT2D eigenvalue weighted by Gasteiger charge is -2.19. The molecule has 10 heteroatoms. The molecule has 3 amide bonds. The third-order valence-corrected chi connectivity index (χ3v) is 4.82. The van der Waals surface area contributed by atoms with Gasteiger partial charge in [-0.3, -0.25) is 10.1 Å². The van der Waals surface area contributed by atoms with Gasteiger partial charge in [0.2, 0.25) is 0 Å². The van der Waals surface area contributed by atoms with Gasteiger partial charge in [0, 0.05) is 11.6 Å². The van der Waals surface area contributed by atoms with Gasteiger partial charge in [-0.25, -0.2) is 9.10 Å². The summed E-state index contributed by atoms with van der Waals surface area (Å²) in [6.45, 7) is 1.89.